The third kappa shape index (κ3) is 41.8. The van der Waals surface area contributed by atoms with Crippen molar-refractivity contribution in [3.05, 3.63) is 417 Å². The molecule has 736 valence electrons. The summed E-state index contributed by atoms with van der Waals surface area (Å²) in [5.41, 5.74) is 2.73. The van der Waals surface area contributed by atoms with E-state index >= 15 is 0 Å². The zero-order chi connectivity index (χ0) is 103. The van der Waals surface area contributed by atoms with Crippen LogP contribution in [0, 0.1) is 186 Å². The van der Waals surface area contributed by atoms with Crippen molar-refractivity contribution in [3.8, 4) is 57.5 Å². The van der Waals surface area contributed by atoms with E-state index in [9.17, 15) is 87.8 Å². The predicted molar refractivity (Wildman–Crippen MR) is 496 cm³/mol. The summed E-state index contributed by atoms with van der Waals surface area (Å²) in [6, 6.07) is 29.0. The SMILES string of the molecule is C/C=C\COc1ccc(C)c(F)c1F.C/C=C\COc1ccc(C)c(F)c1F.C/C=C\COc1ccc(C)c(F)c1F.C/C=C\COc1ccc(C)c(F)c1F.C=CCOc1ccc(C)c(F)c1F.C=CCOc1ccc(C)c(F)c1F.C=CCOc1ccc(C)c(F)c1F.C=CCOc1ccc(C)c(F)c1F.C=CCOc1ccc(C)c(F)c1F.CC/C=C\COc1ccc(C)c(F)c1F. The predicted octanol–water partition coefficient (Wildman–Crippen LogP) is 30.7. The van der Waals surface area contributed by atoms with Crippen molar-refractivity contribution in [2.24, 2.45) is 0 Å². The first-order valence-corrected chi connectivity index (χ1v) is 41.5. The maximum Gasteiger partial charge on any atom is 0.200 e. The molecule has 0 amide bonds. The molecule has 0 saturated heterocycles. The Morgan fingerprint density at radius 2 is 0.279 bits per heavy atom. The summed E-state index contributed by atoms with van der Waals surface area (Å²) in [6.45, 7) is 43.4. The van der Waals surface area contributed by atoms with Crippen molar-refractivity contribution in [1.82, 2.24) is 0 Å². The third-order valence-corrected chi connectivity index (χ3v) is 17.2. The summed E-state index contributed by atoms with van der Waals surface area (Å²) >= 11 is 0. The van der Waals surface area contributed by atoms with Gasteiger partial charge in [0.05, 0.1) is 0 Å². The minimum absolute atomic E-state index is 0.0427. The van der Waals surface area contributed by atoms with Gasteiger partial charge < -0.3 is 47.4 Å². The molecule has 0 unspecified atom stereocenters. The Bertz CT molecular complexity index is 4940. The lowest BCUT2D eigenvalue weighted by atomic mass is 10.2. The van der Waals surface area contributed by atoms with E-state index in [2.05, 4.69) is 32.9 Å². The normalized spacial score (nSPS) is 10.3. The van der Waals surface area contributed by atoms with Crippen molar-refractivity contribution in [2.45, 2.75) is 110 Å². The summed E-state index contributed by atoms with van der Waals surface area (Å²) in [5, 5.41) is 0. The average Bonchev–Trinajstić information content (AvgIpc) is 0.872. The Balaban J connectivity index is 0.000000756. The number of allylic oxidation sites excluding steroid dienone is 5. The molecule has 0 aliphatic carbocycles. The van der Waals surface area contributed by atoms with Crippen molar-refractivity contribution < 1.29 is 135 Å². The molecule has 0 radical (unpaired) electrons. The zero-order valence-electron chi connectivity index (χ0n) is 78.2. The average molecular weight is 1930 g/mol. The Hall–Kier alpha value is -13.8. The second-order valence-corrected chi connectivity index (χ2v) is 27.8. The molecular formula is C106H112F20O10. The lowest BCUT2D eigenvalue weighted by molar-refractivity contribution is 0.331. The smallest absolute Gasteiger partial charge is 0.200 e. The molecule has 0 fully saturated rings. The van der Waals surface area contributed by atoms with Gasteiger partial charge >= 0.3 is 0 Å². The molecule has 0 N–H and O–H groups in total. The maximum atomic E-state index is 13.2. The van der Waals surface area contributed by atoms with E-state index in [4.69, 9.17) is 47.4 Å². The van der Waals surface area contributed by atoms with Crippen LogP contribution in [-0.2, 0) is 0 Å². The molecule has 0 spiro atoms. The van der Waals surface area contributed by atoms with Crippen molar-refractivity contribution in [3.63, 3.8) is 0 Å². The van der Waals surface area contributed by atoms with E-state index in [0.717, 1.165) is 6.42 Å². The first-order chi connectivity index (χ1) is 64.6. The van der Waals surface area contributed by atoms with E-state index in [1.165, 1.54) is 221 Å². The molecule has 0 aliphatic rings. The quantitative estimate of drug-likeness (QED) is 0.0309. The van der Waals surface area contributed by atoms with Gasteiger partial charge in [-0.05, 0) is 220 Å². The molecule has 136 heavy (non-hydrogen) atoms. The number of benzene rings is 10. The van der Waals surface area contributed by atoms with Crippen LogP contribution >= 0.6 is 0 Å². The largest absolute Gasteiger partial charge is 0.486 e. The van der Waals surface area contributed by atoms with E-state index in [0.29, 0.717) is 0 Å². The fraction of sp³-hybridized carbons (Fsp3) is 0.245. The molecule has 10 nitrogen and oxygen atoms in total. The highest BCUT2D eigenvalue weighted by Crippen LogP contribution is 2.31. The van der Waals surface area contributed by atoms with Crippen molar-refractivity contribution >= 4 is 0 Å². The highest BCUT2D eigenvalue weighted by molar-refractivity contribution is 5.38. The highest BCUT2D eigenvalue weighted by atomic mass is 19.2. The van der Waals surface area contributed by atoms with Crippen LogP contribution < -0.4 is 47.4 Å². The van der Waals surface area contributed by atoms with Crippen LogP contribution in [0.4, 0.5) is 87.8 Å². The Morgan fingerprint density at radius 3 is 0.382 bits per heavy atom. The summed E-state index contributed by atoms with van der Waals surface area (Å²) in [7, 11) is 0. The summed E-state index contributed by atoms with van der Waals surface area (Å²) in [5.74, 6) is -18.5. The molecule has 0 aromatic heterocycles. The van der Waals surface area contributed by atoms with Gasteiger partial charge in [0, 0.05) is 0 Å². The molecule has 0 atom stereocenters. The van der Waals surface area contributed by atoms with Gasteiger partial charge in [0.15, 0.2) is 116 Å². The van der Waals surface area contributed by atoms with E-state index in [-0.39, 0.29) is 179 Å². The van der Waals surface area contributed by atoms with E-state index < -0.39 is 116 Å². The highest BCUT2D eigenvalue weighted by Gasteiger charge is 2.20. The van der Waals surface area contributed by atoms with Crippen molar-refractivity contribution in [1.29, 1.82) is 0 Å². The van der Waals surface area contributed by atoms with Crippen LogP contribution in [0.3, 0.4) is 0 Å². The van der Waals surface area contributed by atoms with E-state index in [1.54, 1.807) is 54.7 Å². The molecule has 10 aromatic rings. The minimum Gasteiger partial charge on any atom is -0.486 e. The fourth-order valence-corrected chi connectivity index (χ4v) is 9.45. The number of ether oxygens (including phenoxy) is 10. The molecule has 0 heterocycles. The van der Waals surface area contributed by atoms with Gasteiger partial charge in [-0.3, -0.25) is 0 Å². The van der Waals surface area contributed by atoms with Crippen molar-refractivity contribution in [2.75, 3.05) is 66.1 Å². The summed E-state index contributed by atoms with van der Waals surface area (Å²) < 4.78 is 311. The van der Waals surface area contributed by atoms with Crippen LogP contribution in [0.25, 0.3) is 0 Å². The second-order valence-electron chi connectivity index (χ2n) is 27.8. The van der Waals surface area contributed by atoms with Gasteiger partial charge in [-0.2, -0.15) is 43.9 Å². The maximum absolute atomic E-state index is 13.2. The van der Waals surface area contributed by atoms with Crippen LogP contribution in [-0.4, -0.2) is 66.1 Å². The van der Waals surface area contributed by atoms with Crippen LogP contribution in [0.15, 0.2) is 245 Å². The standard InChI is InChI=1S/C12H14F2O.4C11H12F2O.5C10H10F2O/c1-3-4-5-8-15-10-7-6-9(2)11(13)12(10)14;4*1-3-4-7-14-9-6-5-8(2)10(12)11(9)13;5*1-3-6-13-8-5-4-7(2)9(11)10(8)12/h4-7H,3,8H2,1-2H3;4*3-6H,7H2,1-2H3;5*3-5H,1,6H2,2H3/b5-4-;4*4-3-;;;;;. The Labute approximate surface area is 782 Å². The third-order valence-electron chi connectivity index (χ3n) is 17.2. The number of rotatable bonds is 31. The summed E-state index contributed by atoms with van der Waals surface area (Å²) in [6.07, 6.45) is 25.9. The molecule has 0 aliphatic heterocycles. The number of hydrogen-bond acceptors (Lipinski definition) is 10. The molecule has 30 heteroatoms. The minimum atomic E-state index is -0.943. The molecule has 10 aromatic carbocycles. The first kappa shape index (κ1) is 120. The number of halogens is 20. The van der Waals surface area contributed by atoms with Crippen LogP contribution in [0.2, 0.25) is 0 Å². The van der Waals surface area contributed by atoms with Gasteiger partial charge in [0.1, 0.15) is 66.1 Å². The lowest BCUT2D eigenvalue weighted by Crippen LogP contribution is -1.99. The molecule has 0 bridgehead atoms. The number of hydrogen-bond donors (Lipinski definition) is 0. The molecular weight excluding hydrogens is 1810 g/mol. The van der Waals surface area contributed by atoms with Gasteiger partial charge in [0.2, 0.25) is 58.2 Å². The zero-order valence-corrected chi connectivity index (χ0v) is 78.2. The van der Waals surface area contributed by atoms with Gasteiger partial charge in [-0.15, -0.1) is 0 Å². The molecule has 10 rings (SSSR count). The first-order valence-electron chi connectivity index (χ1n) is 41.5. The van der Waals surface area contributed by atoms with Gasteiger partial charge in [0.25, 0.3) is 0 Å². The van der Waals surface area contributed by atoms with Gasteiger partial charge in [-0.1, -0.05) is 192 Å². The summed E-state index contributed by atoms with van der Waals surface area (Å²) in [4.78, 5) is 0. The second kappa shape index (κ2) is 66.6. The molecule has 0 saturated carbocycles. The monoisotopic (exact) mass is 1920 g/mol. The van der Waals surface area contributed by atoms with E-state index in [1.807, 2.05) is 40.7 Å². The topological polar surface area (TPSA) is 92.3 Å². The number of aryl methyl sites for hydroxylation is 10. The Kier molecular flexibility index (Phi) is 58.8. The fourth-order valence-electron chi connectivity index (χ4n) is 9.45. The lowest BCUT2D eigenvalue weighted by Gasteiger charge is -2.06. The Morgan fingerprint density at radius 1 is 0.169 bits per heavy atom. The van der Waals surface area contributed by atoms with Crippen LogP contribution in [0.1, 0.15) is 96.7 Å². The van der Waals surface area contributed by atoms with Gasteiger partial charge in [-0.25, -0.2) is 43.9 Å². The van der Waals surface area contributed by atoms with Crippen LogP contribution in [0.5, 0.6) is 57.5 Å².